The van der Waals surface area contributed by atoms with Gasteiger partial charge in [0, 0.05) is 0 Å². The van der Waals surface area contributed by atoms with E-state index in [1.807, 2.05) is 18.2 Å². The molecule has 1 unspecified atom stereocenters. The lowest BCUT2D eigenvalue weighted by molar-refractivity contribution is -0.121. The molecule has 1 aromatic carbocycles. The summed E-state index contributed by atoms with van der Waals surface area (Å²) in [5.41, 5.74) is 6.13. The number of hydrogen-bond acceptors (Lipinski definition) is 5. The average molecular weight is 361 g/mol. The molecule has 25 heavy (non-hydrogen) atoms. The Hall–Kier alpha value is -2.91. The van der Waals surface area contributed by atoms with Crippen molar-refractivity contribution in [1.82, 2.24) is 10.6 Å². The van der Waals surface area contributed by atoms with Gasteiger partial charge in [-0.05, 0) is 17.7 Å². The van der Waals surface area contributed by atoms with E-state index in [9.17, 15) is 14.7 Å². The number of amides is 3. The SMILES string of the molecule is N=C(N)c1ccc(NC(=O)NCC(=O)NC(CO)c2ccccc2)s1. The number of benzene rings is 1. The van der Waals surface area contributed by atoms with Crippen molar-refractivity contribution in [1.29, 1.82) is 5.41 Å². The van der Waals surface area contributed by atoms with Crippen molar-refractivity contribution in [3.63, 3.8) is 0 Å². The maximum absolute atomic E-state index is 11.9. The fourth-order valence-corrected chi connectivity index (χ4v) is 2.79. The van der Waals surface area contributed by atoms with Crippen molar-refractivity contribution in [2.24, 2.45) is 5.73 Å². The fourth-order valence-electron chi connectivity index (χ4n) is 2.03. The molecule has 0 fully saturated rings. The highest BCUT2D eigenvalue weighted by atomic mass is 32.1. The van der Waals surface area contributed by atoms with Crippen LogP contribution in [0.25, 0.3) is 0 Å². The van der Waals surface area contributed by atoms with E-state index >= 15 is 0 Å². The van der Waals surface area contributed by atoms with Crippen LogP contribution in [0, 0.1) is 5.41 Å². The number of rotatable bonds is 7. The number of amidine groups is 1. The highest BCUT2D eigenvalue weighted by Gasteiger charge is 2.14. The number of hydrogen-bond donors (Lipinski definition) is 6. The Morgan fingerprint density at radius 1 is 1.20 bits per heavy atom. The lowest BCUT2D eigenvalue weighted by Gasteiger charge is -2.17. The van der Waals surface area contributed by atoms with Crippen LogP contribution in [-0.2, 0) is 4.79 Å². The summed E-state index contributed by atoms with van der Waals surface area (Å²) in [6.07, 6.45) is 0. The van der Waals surface area contributed by atoms with E-state index in [0.29, 0.717) is 9.88 Å². The van der Waals surface area contributed by atoms with Crippen molar-refractivity contribution >= 4 is 34.1 Å². The number of carbonyl (C=O) groups is 2. The van der Waals surface area contributed by atoms with E-state index in [0.717, 1.165) is 16.9 Å². The predicted molar refractivity (Wildman–Crippen MR) is 96.8 cm³/mol. The van der Waals surface area contributed by atoms with E-state index in [4.69, 9.17) is 11.1 Å². The zero-order valence-electron chi connectivity index (χ0n) is 13.3. The molecule has 1 atom stereocenters. The average Bonchev–Trinajstić information content (AvgIpc) is 3.07. The van der Waals surface area contributed by atoms with Gasteiger partial charge in [-0.15, -0.1) is 11.3 Å². The molecule has 0 saturated carbocycles. The van der Waals surface area contributed by atoms with E-state index in [1.165, 1.54) is 0 Å². The highest BCUT2D eigenvalue weighted by molar-refractivity contribution is 7.18. The van der Waals surface area contributed by atoms with Gasteiger partial charge >= 0.3 is 6.03 Å². The molecule has 7 N–H and O–H groups in total. The number of thiophene rings is 1. The van der Waals surface area contributed by atoms with Crippen LogP contribution in [0.2, 0.25) is 0 Å². The van der Waals surface area contributed by atoms with E-state index in [1.54, 1.807) is 24.3 Å². The fraction of sp³-hybridized carbons (Fsp3) is 0.188. The lowest BCUT2D eigenvalue weighted by Crippen LogP contribution is -2.41. The highest BCUT2D eigenvalue weighted by Crippen LogP contribution is 2.20. The number of aliphatic hydroxyl groups excluding tert-OH is 1. The van der Waals surface area contributed by atoms with Crippen molar-refractivity contribution < 1.29 is 14.7 Å². The third-order valence-corrected chi connectivity index (χ3v) is 4.27. The number of nitrogen functional groups attached to an aromatic ring is 1. The number of nitrogens with two attached hydrogens (primary N) is 1. The van der Waals surface area contributed by atoms with Gasteiger partial charge < -0.3 is 21.5 Å². The molecule has 8 nitrogen and oxygen atoms in total. The minimum absolute atomic E-state index is 0.0752. The maximum atomic E-state index is 11.9. The molecule has 0 aliphatic rings. The first-order valence-electron chi connectivity index (χ1n) is 7.44. The van der Waals surface area contributed by atoms with Crippen LogP contribution in [0.1, 0.15) is 16.5 Å². The molecule has 2 rings (SSSR count). The molecular weight excluding hydrogens is 342 g/mol. The zero-order chi connectivity index (χ0) is 18.2. The van der Waals surface area contributed by atoms with Gasteiger partial charge in [0.05, 0.1) is 29.1 Å². The summed E-state index contributed by atoms with van der Waals surface area (Å²) in [5, 5.41) is 24.9. The molecule has 0 saturated heterocycles. The van der Waals surface area contributed by atoms with Crippen LogP contribution >= 0.6 is 11.3 Å². The van der Waals surface area contributed by atoms with Gasteiger partial charge in [0.15, 0.2) is 0 Å². The van der Waals surface area contributed by atoms with Gasteiger partial charge in [0.25, 0.3) is 0 Å². The Morgan fingerprint density at radius 2 is 1.92 bits per heavy atom. The first kappa shape index (κ1) is 18.4. The first-order valence-corrected chi connectivity index (χ1v) is 8.25. The largest absolute Gasteiger partial charge is 0.394 e. The standard InChI is InChI=1S/C16H19N5O3S/c17-15(18)12-6-7-14(25-12)21-16(24)19-8-13(23)20-11(9-22)10-4-2-1-3-5-10/h1-7,11,22H,8-9H2,(H3,17,18)(H,20,23)(H2,19,21,24). The summed E-state index contributed by atoms with van der Waals surface area (Å²) >= 11 is 1.16. The normalized spacial score (nSPS) is 11.4. The van der Waals surface area contributed by atoms with E-state index in [2.05, 4.69) is 16.0 Å². The minimum atomic E-state index is -0.549. The number of aliphatic hydroxyl groups is 1. The van der Waals surface area contributed by atoms with Crippen LogP contribution in [0.5, 0.6) is 0 Å². The van der Waals surface area contributed by atoms with Crippen molar-refractivity contribution in [3.8, 4) is 0 Å². The van der Waals surface area contributed by atoms with Crippen LogP contribution in [0.4, 0.5) is 9.80 Å². The molecule has 3 amide bonds. The van der Waals surface area contributed by atoms with E-state index in [-0.39, 0.29) is 19.0 Å². The number of urea groups is 1. The number of carbonyl (C=O) groups excluding carboxylic acids is 2. The van der Waals surface area contributed by atoms with Crippen molar-refractivity contribution in [2.75, 3.05) is 18.5 Å². The van der Waals surface area contributed by atoms with Crippen molar-refractivity contribution in [3.05, 3.63) is 52.9 Å². The first-order chi connectivity index (χ1) is 12.0. The Balaban J connectivity index is 1.80. The molecule has 0 aliphatic heterocycles. The summed E-state index contributed by atoms with van der Waals surface area (Å²) in [6.45, 7) is -0.481. The second-order valence-electron chi connectivity index (χ2n) is 5.10. The Bertz CT molecular complexity index is 747. The summed E-state index contributed by atoms with van der Waals surface area (Å²) in [5.74, 6) is -0.498. The molecule has 0 bridgehead atoms. The molecule has 0 spiro atoms. The zero-order valence-corrected chi connectivity index (χ0v) is 14.1. The molecule has 132 valence electrons. The van der Waals surface area contributed by atoms with Crippen LogP contribution in [-0.4, -0.2) is 36.0 Å². The molecule has 1 aromatic heterocycles. The van der Waals surface area contributed by atoms with Gasteiger partial charge in [0.2, 0.25) is 5.91 Å². The second kappa shape index (κ2) is 8.81. The van der Waals surface area contributed by atoms with Crippen molar-refractivity contribution in [2.45, 2.75) is 6.04 Å². The van der Waals surface area contributed by atoms with Gasteiger partial charge in [-0.25, -0.2) is 4.79 Å². The number of anilines is 1. The van der Waals surface area contributed by atoms with Gasteiger partial charge in [-0.1, -0.05) is 30.3 Å². The molecule has 9 heteroatoms. The topological polar surface area (TPSA) is 140 Å². The quantitative estimate of drug-likeness (QED) is 0.323. The summed E-state index contributed by atoms with van der Waals surface area (Å²) in [6, 6.07) is 11.2. The van der Waals surface area contributed by atoms with E-state index < -0.39 is 18.0 Å². The number of nitrogens with one attached hydrogen (secondary N) is 4. The predicted octanol–water partition coefficient (Wildman–Crippen LogP) is 1.00. The second-order valence-corrected chi connectivity index (χ2v) is 6.18. The van der Waals surface area contributed by atoms with Gasteiger partial charge in [-0.3, -0.25) is 15.5 Å². The molecule has 0 radical (unpaired) electrons. The third-order valence-electron chi connectivity index (χ3n) is 3.24. The molecule has 2 aromatic rings. The van der Waals surface area contributed by atoms with Gasteiger partial charge in [0.1, 0.15) is 5.84 Å². The van der Waals surface area contributed by atoms with Crippen LogP contribution in [0.3, 0.4) is 0 Å². The lowest BCUT2D eigenvalue weighted by atomic mass is 10.1. The third kappa shape index (κ3) is 5.59. The smallest absolute Gasteiger partial charge is 0.320 e. The van der Waals surface area contributed by atoms with Crippen LogP contribution < -0.4 is 21.7 Å². The Kier molecular flexibility index (Phi) is 6.49. The van der Waals surface area contributed by atoms with Crippen LogP contribution in [0.15, 0.2) is 42.5 Å². The maximum Gasteiger partial charge on any atom is 0.320 e. The summed E-state index contributed by atoms with van der Waals surface area (Å²) < 4.78 is 0. The Morgan fingerprint density at radius 3 is 2.52 bits per heavy atom. The molecule has 1 heterocycles. The summed E-state index contributed by atoms with van der Waals surface area (Å²) in [4.78, 5) is 24.3. The minimum Gasteiger partial charge on any atom is -0.394 e. The Labute approximate surface area is 148 Å². The van der Waals surface area contributed by atoms with Gasteiger partial charge in [-0.2, -0.15) is 0 Å². The molecule has 0 aliphatic carbocycles. The summed E-state index contributed by atoms with van der Waals surface area (Å²) in [7, 11) is 0. The molecular formula is C16H19N5O3S. The monoisotopic (exact) mass is 361 g/mol.